The first-order valence-corrected chi connectivity index (χ1v) is 18.6. The van der Waals surface area contributed by atoms with Gasteiger partial charge in [0.15, 0.2) is 0 Å². The Morgan fingerprint density at radius 2 is 1.42 bits per heavy atom. The third kappa shape index (κ3) is 8.71. The number of hydrogen-bond donors (Lipinski definition) is 8. The van der Waals surface area contributed by atoms with Crippen molar-refractivity contribution in [3.05, 3.63) is 0 Å². The molecule has 9 N–H and O–H groups in total. The third-order valence-corrected chi connectivity index (χ3v) is 13.1. The first kappa shape index (κ1) is 38.5. The largest absolute Gasteiger partial charge is 0.396 e. The number of carbonyl (C=O) groups excluding carboxylic acids is 4. The number of fused-ring (bicyclic) bond motifs is 5. The first-order chi connectivity index (χ1) is 22.8. The average molecular weight is 678 g/mol. The molecular formula is C36H63N5O7. The quantitative estimate of drug-likeness (QED) is 0.120. The molecule has 4 amide bonds. The second kappa shape index (κ2) is 17.1. The van der Waals surface area contributed by atoms with Gasteiger partial charge in [-0.3, -0.25) is 19.2 Å². The van der Waals surface area contributed by atoms with Crippen molar-refractivity contribution in [2.45, 2.75) is 122 Å². The van der Waals surface area contributed by atoms with Crippen LogP contribution in [0.25, 0.3) is 0 Å². The van der Waals surface area contributed by atoms with Crippen molar-refractivity contribution in [1.29, 1.82) is 0 Å². The summed E-state index contributed by atoms with van der Waals surface area (Å²) in [5, 5.41) is 44.1. The second-order valence-electron chi connectivity index (χ2n) is 15.8. The molecule has 12 nitrogen and oxygen atoms in total. The number of amides is 4. The van der Waals surface area contributed by atoms with Crippen LogP contribution in [0.5, 0.6) is 0 Å². The van der Waals surface area contributed by atoms with Crippen molar-refractivity contribution >= 4 is 23.6 Å². The zero-order chi connectivity index (χ0) is 35.1. The predicted octanol–water partition coefficient (Wildman–Crippen LogP) is 1.35. The van der Waals surface area contributed by atoms with Crippen LogP contribution in [0.15, 0.2) is 0 Å². The number of rotatable bonds is 16. The fourth-order valence-electron chi connectivity index (χ4n) is 10.5. The number of nitrogens with two attached hydrogens (primary N) is 1. The number of hydrogen-bond acceptors (Lipinski definition) is 8. The summed E-state index contributed by atoms with van der Waals surface area (Å²) >= 11 is 0. The van der Waals surface area contributed by atoms with E-state index in [2.05, 4.69) is 42.0 Å². The SMILES string of the molecule is C[C@H](CCCO)[C@H]1CCC2C3C(C[C@H](O)[C@@]21C)[C@@]1(C)CCC(NC(=O)CCNC(=O)CCNC(=O)CCNC(=O)CCN)CC1C[C@@H]3O. The van der Waals surface area contributed by atoms with Crippen LogP contribution >= 0.6 is 0 Å². The Balaban J connectivity index is 1.19. The van der Waals surface area contributed by atoms with Crippen molar-refractivity contribution in [2.24, 2.45) is 52.1 Å². The fourth-order valence-corrected chi connectivity index (χ4v) is 10.5. The smallest absolute Gasteiger partial charge is 0.221 e. The van der Waals surface area contributed by atoms with Crippen molar-refractivity contribution in [3.8, 4) is 0 Å². The normalized spacial score (nSPS) is 36.1. The van der Waals surface area contributed by atoms with Crippen LogP contribution in [-0.4, -0.2) is 90.0 Å². The van der Waals surface area contributed by atoms with Crippen molar-refractivity contribution in [3.63, 3.8) is 0 Å². The fraction of sp³-hybridized carbons (Fsp3) is 0.889. The maximum Gasteiger partial charge on any atom is 0.221 e. The Morgan fingerprint density at radius 1 is 0.812 bits per heavy atom. The van der Waals surface area contributed by atoms with E-state index in [0.717, 1.165) is 57.8 Å². The van der Waals surface area contributed by atoms with E-state index in [1.54, 1.807) is 0 Å². The molecule has 5 unspecified atom stereocenters. The summed E-state index contributed by atoms with van der Waals surface area (Å²) in [6.07, 6.45) is 7.72. The topological polar surface area (TPSA) is 203 Å². The lowest BCUT2D eigenvalue weighted by molar-refractivity contribution is -0.202. The van der Waals surface area contributed by atoms with E-state index in [9.17, 15) is 34.5 Å². The zero-order valence-corrected chi connectivity index (χ0v) is 29.5. The van der Waals surface area contributed by atoms with Gasteiger partial charge >= 0.3 is 0 Å². The van der Waals surface area contributed by atoms with Gasteiger partial charge in [-0.15, -0.1) is 0 Å². The molecule has 4 aliphatic carbocycles. The van der Waals surface area contributed by atoms with E-state index in [1.165, 1.54) is 0 Å². The molecule has 0 bridgehead atoms. The van der Waals surface area contributed by atoms with Gasteiger partial charge in [-0.25, -0.2) is 0 Å². The summed E-state index contributed by atoms with van der Waals surface area (Å²) in [5.74, 6) is 1.01. The molecule has 12 heteroatoms. The van der Waals surface area contributed by atoms with Gasteiger partial charge in [0.05, 0.1) is 12.2 Å². The molecule has 274 valence electrons. The highest BCUT2D eigenvalue weighted by Crippen LogP contribution is 2.68. The van der Waals surface area contributed by atoms with Crippen molar-refractivity contribution < 1.29 is 34.5 Å². The lowest BCUT2D eigenvalue weighted by Gasteiger charge is -2.63. The summed E-state index contributed by atoms with van der Waals surface area (Å²) in [4.78, 5) is 48.3. The van der Waals surface area contributed by atoms with E-state index in [4.69, 9.17) is 5.73 Å². The Bertz CT molecular complexity index is 1120. The molecule has 0 aromatic heterocycles. The standard InChI is InChI=1S/C36H63N5O7/c1-22(5-4-18-42)25-6-7-26-34-27(21-29(44)36(25,26)3)35(2)13-8-24(19-23(35)20-28(34)43)41-33(48)12-17-40-32(47)11-16-39-31(46)10-15-38-30(45)9-14-37/h22-29,34,42-44H,4-21,37H2,1-3H3,(H,38,45)(H,39,46)(H,40,47)(H,41,48)/t22-,23?,24?,25-,26?,27?,28+,29+,34?,35+,36-/m1/s1. The van der Waals surface area contributed by atoms with E-state index >= 15 is 0 Å². The zero-order valence-electron chi connectivity index (χ0n) is 29.5. The van der Waals surface area contributed by atoms with Crippen molar-refractivity contribution in [2.75, 3.05) is 32.8 Å². The van der Waals surface area contributed by atoms with Gasteiger partial charge in [0.25, 0.3) is 0 Å². The summed E-state index contributed by atoms with van der Waals surface area (Å²) in [6.45, 7) is 7.95. The van der Waals surface area contributed by atoms with Gasteiger partial charge in [-0.05, 0) is 104 Å². The maximum atomic E-state index is 12.8. The maximum absolute atomic E-state index is 12.8. The van der Waals surface area contributed by atoms with E-state index in [1.807, 2.05) is 0 Å². The van der Waals surface area contributed by atoms with Gasteiger partial charge in [0.2, 0.25) is 23.6 Å². The molecule has 0 aromatic rings. The molecule has 0 aliphatic heterocycles. The Hall–Kier alpha value is -2.28. The van der Waals surface area contributed by atoms with Crippen LogP contribution in [-0.2, 0) is 19.2 Å². The van der Waals surface area contributed by atoms with E-state index in [0.29, 0.717) is 17.8 Å². The third-order valence-electron chi connectivity index (χ3n) is 13.1. The molecule has 4 aliphatic rings. The number of aliphatic hydroxyl groups excluding tert-OH is 3. The van der Waals surface area contributed by atoms with E-state index < -0.39 is 12.2 Å². The highest BCUT2D eigenvalue weighted by Gasteiger charge is 2.65. The van der Waals surface area contributed by atoms with Gasteiger partial charge in [0, 0.05) is 64.5 Å². The monoisotopic (exact) mass is 677 g/mol. The molecule has 0 radical (unpaired) electrons. The Kier molecular flexibility index (Phi) is 13.7. The highest BCUT2D eigenvalue weighted by molar-refractivity contribution is 5.81. The van der Waals surface area contributed by atoms with Gasteiger partial charge < -0.3 is 42.3 Å². The number of aliphatic hydroxyl groups is 3. The van der Waals surface area contributed by atoms with Crippen LogP contribution in [0.4, 0.5) is 0 Å². The number of nitrogens with one attached hydrogen (secondary N) is 4. The number of carbonyl (C=O) groups is 4. The average Bonchev–Trinajstić information content (AvgIpc) is 3.39. The minimum absolute atomic E-state index is 0.00976. The molecule has 48 heavy (non-hydrogen) atoms. The van der Waals surface area contributed by atoms with Gasteiger partial charge in [-0.1, -0.05) is 20.8 Å². The minimum Gasteiger partial charge on any atom is -0.396 e. The molecule has 0 spiro atoms. The van der Waals surface area contributed by atoms with Crippen LogP contribution in [0.2, 0.25) is 0 Å². The molecule has 4 rings (SSSR count). The summed E-state index contributed by atoms with van der Waals surface area (Å²) in [5.41, 5.74) is 5.11. The molecule has 0 saturated heterocycles. The van der Waals surface area contributed by atoms with E-state index in [-0.39, 0.29) is 117 Å². The van der Waals surface area contributed by atoms with Gasteiger partial charge in [0.1, 0.15) is 0 Å². The van der Waals surface area contributed by atoms with Crippen LogP contribution in [0.1, 0.15) is 104 Å². The van der Waals surface area contributed by atoms with Gasteiger partial charge in [-0.2, -0.15) is 0 Å². The Morgan fingerprint density at radius 3 is 2.02 bits per heavy atom. The lowest BCUT2D eigenvalue weighted by Crippen LogP contribution is -2.63. The van der Waals surface area contributed by atoms with Crippen LogP contribution in [0, 0.1) is 46.3 Å². The summed E-state index contributed by atoms with van der Waals surface area (Å²) < 4.78 is 0. The molecular weight excluding hydrogens is 614 g/mol. The Labute approximate surface area is 286 Å². The summed E-state index contributed by atoms with van der Waals surface area (Å²) in [7, 11) is 0. The van der Waals surface area contributed by atoms with Crippen LogP contribution in [0.3, 0.4) is 0 Å². The summed E-state index contributed by atoms with van der Waals surface area (Å²) in [6, 6.07) is 0.0207. The van der Waals surface area contributed by atoms with Crippen molar-refractivity contribution in [1.82, 2.24) is 21.3 Å². The molecule has 4 fully saturated rings. The lowest BCUT2D eigenvalue weighted by atomic mass is 9.43. The highest BCUT2D eigenvalue weighted by atomic mass is 16.3. The molecule has 0 aromatic carbocycles. The second-order valence-corrected chi connectivity index (χ2v) is 15.8. The molecule has 11 atom stereocenters. The predicted molar refractivity (Wildman–Crippen MR) is 182 cm³/mol. The molecule has 4 saturated carbocycles. The first-order valence-electron chi connectivity index (χ1n) is 18.6. The molecule has 0 heterocycles. The minimum atomic E-state index is -0.409. The van der Waals surface area contributed by atoms with Crippen LogP contribution < -0.4 is 27.0 Å².